The summed E-state index contributed by atoms with van der Waals surface area (Å²) < 4.78 is 40.4. The summed E-state index contributed by atoms with van der Waals surface area (Å²) in [7, 11) is -3.56. The van der Waals surface area contributed by atoms with E-state index >= 15 is 0 Å². The fourth-order valence-corrected chi connectivity index (χ4v) is 4.11. The van der Waals surface area contributed by atoms with E-state index in [1.54, 1.807) is 6.07 Å². The van der Waals surface area contributed by atoms with E-state index in [9.17, 15) is 12.8 Å². The normalized spacial score (nSPS) is 20.2. The molecule has 2 N–H and O–H groups in total. The lowest BCUT2D eigenvalue weighted by atomic mass is 10.1. The number of piperidine rings is 1. The van der Waals surface area contributed by atoms with E-state index in [0.717, 1.165) is 25.8 Å². The monoisotopic (exact) mass is 350 g/mol. The molecule has 7 heteroatoms. The van der Waals surface area contributed by atoms with Gasteiger partial charge >= 0.3 is 0 Å². The van der Waals surface area contributed by atoms with Crippen molar-refractivity contribution in [2.45, 2.75) is 25.3 Å². The number of sulfonamides is 1. The summed E-state index contributed by atoms with van der Waals surface area (Å²) in [5.41, 5.74) is -0.0293. The van der Waals surface area contributed by atoms with Gasteiger partial charge in [-0.25, -0.2) is 12.8 Å². The van der Waals surface area contributed by atoms with Gasteiger partial charge in [0.2, 0.25) is 10.0 Å². The Morgan fingerprint density at radius 2 is 2.21 bits per heavy atom. The summed E-state index contributed by atoms with van der Waals surface area (Å²) >= 11 is 3.14. The maximum absolute atomic E-state index is 13.6. The third-order valence-electron chi connectivity index (χ3n) is 3.05. The van der Waals surface area contributed by atoms with Gasteiger partial charge in [0, 0.05) is 10.5 Å². The van der Waals surface area contributed by atoms with E-state index in [1.165, 1.54) is 12.1 Å². The molecule has 0 saturated carbocycles. The van der Waals surface area contributed by atoms with Crippen LogP contribution in [0.25, 0.3) is 0 Å². The van der Waals surface area contributed by atoms with Gasteiger partial charge in [0.25, 0.3) is 0 Å². The van der Waals surface area contributed by atoms with E-state index in [4.69, 9.17) is 0 Å². The maximum Gasteiger partial charge on any atom is 0.234 e. The predicted octanol–water partition coefficient (Wildman–Crippen LogP) is 2.47. The van der Waals surface area contributed by atoms with Crippen LogP contribution in [0, 0.1) is 5.82 Å². The van der Waals surface area contributed by atoms with Crippen LogP contribution in [-0.2, 0) is 10.0 Å². The van der Waals surface area contributed by atoms with Gasteiger partial charge in [-0.1, -0.05) is 12.5 Å². The minimum absolute atomic E-state index is 0.0293. The lowest BCUT2D eigenvalue weighted by Gasteiger charge is -2.23. The zero-order chi connectivity index (χ0) is 13.9. The summed E-state index contributed by atoms with van der Waals surface area (Å²) in [4.78, 5) is 0. The zero-order valence-electron chi connectivity index (χ0n) is 10.3. The van der Waals surface area contributed by atoms with E-state index in [-0.39, 0.29) is 17.5 Å². The predicted molar refractivity (Wildman–Crippen MR) is 77.2 cm³/mol. The van der Waals surface area contributed by atoms with Crippen LogP contribution in [0.2, 0.25) is 0 Å². The molecule has 19 heavy (non-hydrogen) atoms. The molecule has 1 heterocycles. The standard InChI is InChI=1S/C12H16BrFN2O2S/c13-10-5-3-6-11(14)12(10)16-19(17,18)8-9-4-1-2-7-15-9/h3,5-6,9,15-16H,1-2,4,7-8H2. The molecule has 4 nitrogen and oxygen atoms in total. The van der Waals surface area contributed by atoms with Gasteiger partial charge in [-0.3, -0.25) is 4.72 Å². The highest BCUT2D eigenvalue weighted by atomic mass is 79.9. The number of para-hydroxylation sites is 1. The molecule has 0 spiro atoms. The van der Waals surface area contributed by atoms with Crippen LogP contribution in [0.5, 0.6) is 0 Å². The van der Waals surface area contributed by atoms with Crippen molar-refractivity contribution in [3.8, 4) is 0 Å². The highest BCUT2D eigenvalue weighted by molar-refractivity contribution is 9.10. The number of anilines is 1. The summed E-state index contributed by atoms with van der Waals surface area (Å²) in [5.74, 6) is -0.622. The number of rotatable bonds is 4. The van der Waals surface area contributed by atoms with Crippen LogP contribution in [-0.4, -0.2) is 26.8 Å². The quantitative estimate of drug-likeness (QED) is 0.876. The average Bonchev–Trinajstić information content (AvgIpc) is 2.35. The summed E-state index contributed by atoms with van der Waals surface area (Å²) in [6, 6.07) is 4.28. The van der Waals surface area contributed by atoms with Gasteiger partial charge < -0.3 is 5.32 Å². The second-order valence-corrected chi connectivity index (χ2v) is 7.25. The Morgan fingerprint density at radius 1 is 1.42 bits per heavy atom. The molecule has 1 aliphatic heterocycles. The van der Waals surface area contributed by atoms with E-state index in [1.807, 2.05) is 0 Å². The molecule has 2 rings (SSSR count). The third-order valence-corrected chi connectivity index (χ3v) is 5.07. The molecule has 1 aromatic carbocycles. The molecule has 0 aromatic heterocycles. The summed E-state index contributed by atoms with van der Waals surface area (Å²) in [5, 5.41) is 3.17. The molecule has 0 amide bonds. The van der Waals surface area contributed by atoms with Crippen molar-refractivity contribution in [3.05, 3.63) is 28.5 Å². The van der Waals surface area contributed by atoms with Crippen LogP contribution in [0.3, 0.4) is 0 Å². The second kappa shape index (κ2) is 6.19. The molecule has 0 aliphatic carbocycles. The third kappa shape index (κ3) is 4.15. The highest BCUT2D eigenvalue weighted by Crippen LogP contribution is 2.26. The first kappa shape index (κ1) is 14.7. The molecule has 106 valence electrons. The van der Waals surface area contributed by atoms with Crippen molar-refractivity contribution >= 4 is 31.6 Å². The van der Waals surface area contributed by atoms with E-state index in [2.05, 4.69) is 26.0 Å². The zero-order valence-corrected chi connectivity index (χ0v) is 12.7. The Kier molecular flexibility index (Phi) is 4.81. The number of hydrogen-bond donors (Lipinski definition) is 2. The van der Waals surface area contributed by atoms with E-state index in [0.29, 0.717) is 4.47 Å². The Bertz CT molecular complexity index is 524. The van der Waals surface area contributed by atoms with Crippen LogP contribution >= 0.6 is 15.9 Å². The number of hydrogen-bond acceptors (Lipinski definition) is 3. The topological polar surface area (TPSA) is 58.2 Å². The van der Waals surface area contributed by atoms with Crippen molar-refractivity contribution in [3.63, 3.8) is 0 Å². The fourth-order valence-electron chi connectivity index (χ4n) is 2.12. The Hall–Kier alpha value is -0.660. The van der Waals surface area contributed by atoms with Crippen molar-refractivity contribution < 1.29 is 12.8 Å². The molecular weight excluding hydrogens is 335 g/mol. The number of halogens is 2. The summed E-state index contributed by atoms with van der Waals surface area (Å²) in [6.07, 6.45) is 2.93. The van der Waals surface area contributed by atoms with Crippen molar-refractivity contribution in [2.24, 2.45) is 0 Å². The molecule has 1 atom stereocenters. The van der Waals surface area contributed by atoms with Crippen molar-refractivity contribution in [1.82, 2.24) is 5.32 Å². The molecule has 1 saturated heterocycles. The molecule has 0 bridgehead atoms. The maximum atomic E-state index is 13.6. The SMILES string of the molecule is O=S(=O)(CC1CCCCN1)Nc1c(F)cccc1Br. The smallest absolute Gasteiger partial charge is 0.234 e. The second-order valence-electron chi connectivity index (χ2n) is 4.63. The molecule has 1 aromatic rings. The number of benzene rings is 1. The van der Waals surface area contributed by atoms with Gasteiger partial charge in [-0.05, 0) is 47.4 Å². The molecule has 1 fully saturated rings. The fraction of sp³-hybridized carbons (Fsp3) is 0.500. The minimum atomic E-state index is -3.56. The first-order valence-electron chi connectivity index (χ1n) is 6.16. The van der Waals surface area contributed by atoms with Gasteiger partial charge in [-0.2, -0.15) is 0 Å². The Labute approximate surface area is 121 Å². The van der Waals surface area contributed by atoms with Gasteiger partial charge in [0.05, 0.1) is 11.4 Å². The lowest BCUT2D eigenvalue weighted by molar-refractivity contribution is 0.424. The van der Waals surface area contributed by atoms with Crippen LogP contribution in [0.15, 0.2) is 22.7 Å². The van der Waals surface area contributed by atoms with Gasteiger partial charge in [0.1, 0.15) is 5.82 Å². The first-order valence-corrected chi connectivity index (χ1v) is 8.60. The van der Waals surface area contributed by atoms with Gasteiger partial charge in [0.15, 0.2) is 0 Å². The Morgan fingerprint density at radius 3 is 2.84 bits per heavy atom. The summed E-state index contributed by atoms with van der Waals surface area (Å²) in [6.45, 7) is 0.837. The van der Waals surface area contributed by atoms with Crippen LogP contribution in [0.4, 0.5) is 10.1 Å². The van der Waals surface area contributed by atoms with Crippen molar-refractivity contribution in [2.75, 3.05) is 17.0 Å². The van der Waals surface area contributed by atoms with Gasteiger partial charge in [-0.15, -0.1) is 0 Å². The van der Waals surface area contributed by atoms with E-state index < -0.39 is 15.8 Å². The molecular formula is C12H16BrFN2O2S. The lowest BCUT2D eigenvalue weighted by Crippen LogP contribution is -2.40. The van der Waals surface area contributed by atoms with Crippen molar-refractivity contribution in [1.29, 1.82) is 0 Å². The Balaban J connectivity index is 2.08. The first-order chi connectivity index (χ1) is 8.98. The molecule has 1 unspecified atom stereocenters. The highest BCUT2D eigenvalue weighted by Gasteiger charge is 2.22. The number of nitrogens with one attached hydrogen (secondary N) is 2. The minimum Gasteiger partial charge on any atom is -0.313 e. The van der Waals surface area contributed by atoms with Crippen LogP contribution < -0.4 is 10.0 Å². The average molecular weight is 351 g/mol. The van der Waals surface area contributed by atoms with Crippen LogP contribution in [0.1, 0.15) is 19.3 Å². The largest absolute Gasteiger partial charge is 0.313 e. The molecule has 1 aliphatic rings. The molecule has 0 radical (unpaired) electrons.